The fourth-order valence-electron chi connectivity index (χ4n) is 5.19. The molecular weight excluding hydrogens is 565 g/mol. The number of piperazine rings is 1. The van der Waals surface area contributed by atoms with E-state index < -0.39 is 17.4 Å². The number of carboxylic acids is 1. The van der Waals surface area contributed by atoms with Crippen LogP contribution < -0.4 is 14.8 Å². The van der Waals surface area contributed by atoms with Gasteiger partial charge in [-0.1, -0.05) is 59.6 Å². The van der Waals surface area contributed by atoms with Crippen molar-refractivity contribution in [3.8, 4) is 11.5 Å². The number of methoxy groups -OCH3 is 2. The van der Waals surface area contributed by atoms with E-state index in [0.717, 1.165) is 44.7 Å². The van der Waals surface area contributed by atoms with Crippen LogP contribution in [0.25, 0.3) is 0 Å². The first-order valence-corrected chi connectivity index (χ1v) is 14.1. The van der Waals surface area contributed by atoms with Gasteiger partial charge in [-0.2, -0.15) is 0 Å². The molecule has 3 aromatic carbocycles. The summed E-state index contributed by atoms with van der Waals surface area (Å²) in [4.78, 5) is 31.7. The zero-order valence-electron chi connectivity index (χ0n) is 23.5. The number of nitrogens with zero attached hydrogens (tertiary/aromatic N) is 2. The minimum atomic E-state index is -1.99. The number of halogens is 2. The van der Waals surface area contributed by atoms with Gasteiger partial charge in [-0.25, -0.2) is 4.79 Å². The largest absolute Gasteiger partial charge is 0.496 e. The number of likely N-dealkylation sites (N-methyl/N-ethyl adjacent to an activating group) is 1. The number of ether oxygens (including phenoxy) is 2. The number of benzene rings is 3. The quantitative estimate of drug-likeness (QED) is 0.328. The summed E-state index contributed by atoms with van der Waals surface area (Å²) in [5, 5.41) is 13.9. The zero-order chi connectivity index (χ0) is 29.6. The highest BCUT2D eigenvalue weighted by molar-refractivity contribution is 6.39. The molecule has 0 spiro atoms. The Balaban J connectivity index is 1.80. The summed E-state index contributed by atoms with van der Waals surface area (Å²) < 4.78 is 11.6. The van der Waals surface area contributed by atoms with E-state index in [-0.39, 0.29) is 27.6 Å². The van der Waals surface area contributed by atoms with Crippen LogP contribution in [0.2, 0.25) is 10.0 Å². The molecule has 1 aliphatic heterocycles. The first-order chi connectivity index (χ1) is 19.7. The molecule has 1 fully saturated rings. The van der Waals surface area contributed by atoms with Crippen molar-refractivity contribution in [2.45, 2.75) is 18.4 Å². The molecule has 2 N–H and O–H groups in total. The van der Waals surface area contributed by atoms with E-state index >= 15 is 0 Å². The van der Waals surface area contributed by atoms with Crippen LogP contribution in [0.15, 0.2) is 60.7 Å². The molecule has 8 nitrogen and oxygen atoms in total. The number of hydrogen-bond donors (Lipinski definition) is 2. The van der Waals surface area contributed by atoms with Gasteiger partial charge in [-0.15, -0.1) is 0 Å². The predicted molar refractivity (Wildman–Crippen MR) is 161 cm³/mol. The van der Waals surface area contributed by atoms with Gasteiger partial charge in [0.15, 0.2) is 5.54 Å². The first-order valence-electron chi connectivity index (χ1n) is 13.4. The number of rotatable bonds is 11. The Kier molecular flexibility index (Phi) is 10.1. The molecule has 4 rings (SSSR count). The molecule has 1 aliphatic rings. The van der Waals surface area contributed by atoms with Crippen LogP contribution in [0.5, 0.6) is 11.5 Å². The summed E-state index contributed by atoms with van der Waals surface area (Å²) in [6, 6.07) is 17.4. The number of amides is 1. The smallest absolute Gasteiger partial charge is 0.334 e. The van der Waals surface area contributed by atoms with Crippen LogP contribution in [0, 0.1) is 0 Å². The lowest BCUT2D eigenvalue weighted by molar-refractivity contribution is -0.145. The number of carbonyl (C=O) groups is 2. The van der Waals surface area contributed by atoms with E-state index in [2.05, 4.69) is 22.2 Å². The average Bonchev–Trinajstić information content (AvgIpc) is 2.96. The van der Waals surface area contributed by atoms with Gasteiger partial charge in [-0.3, -0.25) is 4.79 Å². The van der Waals surface area contributed by atoms with Crippen LogP contribution in [-0.2, 0) is 23.2 Å². The van der Waals surface area contributed by atoms with Gasteiger partial charge in [-0.05, 0) is 48.9 Å². The van der Waals surface area contributed by atoms with E-state index in [1.54, 1.807) is 18.2 Å². The van der Waals surface area contributed by atoms with Gasteiger partial charge in [0.1, 0.15) is 11.5 Å². The summed E-state index contributed by atoms with van der Waals surface area (Å²) in [5.41, 5.74) is -0.201. The lowest BCUT2D eigenvalue weighted by Gasteiger charge is -2.34. The van der Waals surface area contributed by atoms with Crippen LogP contribution in [0.1, 0.15) is 27.0 Å². The van der Waals surface area contributed by atoms with Crippen molar-refractivity contribution < 1.29 is 24.2 Å². The van der Waals surface area contributed by atoms with Crippen molar-refractivity contribution in [3.63, 3.8) is 0 Å². The summed E-state index contributed by atoms with van der Waals surface area (Å²) >= 11 is 12.7. The minimum Gasteiger partial charge on any atom is -0.496 e. The molecule has 0 saturated carbocycles. The maximum Gasteiger partial charge on any atom is 0.334 e. The highest BCUT2D eigenvalue weighted by atomic mass is 35.5. The molecule has 10 heteroatoms. The van der Waals surface area contributed by atoms with E-state index in [9.17, 15) is 14.7 Å². The van der Waals surface area contributed by atoms with Crippen molar-refractivity contribution in [3.05, 3.63) is 93.0 Å². The van der Waals surface area contributed by atoms with Gasteiger partial charge in [0, 0.05) is 39.1 Å². The Hall–Kier alpha value is -3.30. The molecular formula is C31H35Cl2N3O5. The summed E-state index contributed by atoms with van der Waals surface area (Å²) in [7, 11) is 5.07. The third-order valence-corrected chi connectivity index (χ3v) is 8.13. The summed E-state index contributed by atoms with van der Waals surface area (Å²) in [6.07, 6.45) is 0.626. The molecule has 0 aromatic heterocycles. The Bertz CT molecular complexity index is 1330. The first kappa shape index (κ1) is 30.7. The molecule has 0 unspecified atom stereocenters. The van der Waals surface area contributed by atoms with E-state index in [0.29, 0.717) is 17.1 Å². The SMILES string of the molecule is COc1cc(CCN2CCN(C)CC2)cc(OC)c1[C@@](Cc1ccccc1)(NC(=O)c1c(Cl)cccc1Cl)C(=O)O. The van der Waals surface area contributed by atoms with Gasteiger partial charge in [0.2, 0.25) is 0 Å². The fourth-order valence-corrected chi connectivity index (χ4v) is 5.76. The maximum absolute atomic E-state index is 13.7. The molecule has 1 amide bonds. The maximum atomic E-state index is 13.7. The van der Waals surface area contributed by atoms with Gasteiger partial charge >= 0.3 is 5.97 Å². The molecule has 1 atom stereocenters. The lowest BCUT2D eigenvalue weighted by Crippen LogP contribution is -2.54. The van der Waals surface area contributed by atoms with Crippen LogP contribution in [-0.4, -0.2) is 80.8 Å². The number of hydrogen-bond acceptors (Lipinski definition) is 6. The fraction of sp³-hybridized carbons (Fsp3) is 0.355. The second kappa shape index (κ2) is 13.6. The third-order valence-electron chi connectivity index (χ3n) is 7.50. The van der Waals surface area contributed by atoms with E-state index in [4.69, 9.17) is 32.7 Å². The summed E-state index contributed by atoms with van der Waals surface area (Å²) in [5.74, 6) is -1.44. The Morgan fingerprint density at radius 3 is 2.02 bits per heavy atom. The second-order valence-electron chi connectivity index (χ2n) is 10.2. The van der Waals surface area contributed by atoms with Crippen molar-refractivity contribution in [1.82, 2.24) is 15.1 Å². The topological polar surface area (TPSA) is 91.3 Å². The number of aliphatic carboxylic acids is 1. The Morgan fingerprint density at radius 2 is 1.49 bits per heavy atom. The second-order valence-corrected chi connectivity index (χ2v) is 11.0. The molecule has 0 aliphatic carbocycles. The van der Waals surface area contributed by atoms with Gasteiger partial charge in [0.25, 0.3) is 5.91 Å². The molecule has 0 bridgehead atoms. The van der Waals surface area contributed by atoms with Crippen LogP contribution in [0.3, 0.4) is 0 Å². The normalized spacial score (nSPS) is 15.6. The Morgan fingerprint density at radius 1 is 0.902 bits per heavy atom. The molecule has 41 heavy (non-hydrogen) atoms. The zero-order valence-corrected chi connectivity index (χ0v) is 25.0. The highest BCUT2D eigenvalue weighted by Gasteiger charge is 2.47. The lowest BCUT2D eigenvalue weighted by atomic mass is 9.81. The van der Waals surface area contributed by atoms with Crippen molar-refractivity contribution in [1.29, 1.82) is 0 Å². The van der Waals surface area contributed by atoms with E-state index in [1.807, 2.05) is 30.3 Å². The highest BCUT2D eigenvalue weighted by Crippen LogP contribution is 2.42. The number of nitrogens with one attached hydrogen (secondary N) is 1. The number of carbonyl (C=O) groups excluding carboxylic acids is 1. The monoisotopic (exact) mass is 599 g/mol. The van der Waals surface area contributed by atoms with Crippen molar-refractivity contribution in [2.75, 3.05) is 54.0 Å². The molecule has 218 valence electrons. The average molecular weight is 601 g/mol. The van der Waals surface area contributed by atoms with E-state index in [1.165, 1.54) is 26.4 Å². The van der Waals surface area contributed by atoms with Crippen LogP contribution in [0.4, 0.5) is 0 Å². The molecule has 1 saturated heterocycles. The van der Waals surface area contributed by atoms with Crippen molar-refractivity contribution >= 4 is 35.1 Å². The molecule has 0 radical (unpaired) electrons. The summed E-state index contributed by atoms with van der Waals surface area (Å²) in [6.45, 7) is 4.84. The number of carboxylic acid groups (broad SMARTS) is 1. The third kappa shape index (κ3) is 6.96. The standard InChI is InChI=1S/C31H35Cl2N3O5/c1-35-14-16-36(17-15-35)13-12-22-18-25(40-2)28(26(19-22)41-3)31(30(38)39,20-21-8-5-4-6-9-21)34-29(37)27-23(32)10-7-11-24(27)33/h4-11,18-19H,12-17,20H2,1-3H3,(H,34,37)(H,38,39)/t31-/m1/s1. The Labute approximate surface area is 250 Å². The minimum absolute atomic E-state index is 0.0174. The molecule has 1 heterocycles. The molecule has 3 aromatic rings. The van der Waals surface area contributed by atoms with Crippen molar-refractivity contribution in [2.24, 2.45) is 0 Å². The van der Waals surface area contributed by atoms with Gasteiger partial charge < -0.3 is 29.7 Å². The van der Waals surface area contributed by atoms with Gasteiger partial charge in [0.05, 0.1) is 35.4 Å². The predicted octanol–water partition coefficient (Wildman–Crippen LogP) is 4.75. The van der Waals surface area contributed by atoms with Crippen LogP contribution >= 0.6 is 23.2 Å².